The monoisotopic (exact) mass is 252 g/mol. The number of anilines is 2. The van der Waals surface area contributed by atoms with E-state index in [4.69, 9.17) is 9.84 Å². The largest absolute Gasteiger partial charge is 0.480 e. The first-order valence-electron chi connectivity index (χ1n) is 5.72. The standard InChI is InChI=1S/C13H20N2O3/c1-9-5-6-10(7-12(9)15(2)3)14-11(8-18-4)13(16)17/h5-7,11,14H,8H2,1-4H3,(H,16,17). The summed E-state index contributed by atoms with van der Waals surface area (Å²) in [4.78, 5) is 13.0. The van der Waals surface area contributed by atoms with Gasteiger partial charge in [0, 0.05) is 32.6 Å². The highest BCUT2D eigenvalue weighted by Gasteiger charge is 2.17. The molecule has 0 amide bonds. The Bertz CT molecular complexity index is 419. The third kappa shape index (κ3) is 3.63. The van der Waals surface area contributed by atoms with Crippen LogP contribution in [0.15, 0.2) is 18.2 Å². The minimum absolute atomic E-state index is 0.126. The number of rotatable bonds is 6. The lowest BCUT2D eigenvalue weighted by Crippen LogP contribution is -2.33. The van der Waals surface area contributed by atoms with E-state index in [0.717, 1.165) is 16.9 Å². The highest BCUT2D eigenvalue weighted by Crippen LogP contribution is 2.22. The molecule has 0 radical (unpaired) electrons. The van der Waals surface area contributed by atoms with E-state index in [9.17, 15) is 4.79 Å². The Labute approximate surface area is 107 Å². The number of ether oxygens (including phenoxy) is 1. The second-order valence-corrected chi connectivity index (χ2v) is 4.39. The summed E-state index contributed by atoms with van der Waals surface area (Å²) in [6.07, 6.45) is 0. The molecule has 0 aliphatic carbocycles. The van der Waals surface area contributed by atoms with Gasteiger partial charge in [-0.25, -0.2) is 4.79 Å². The van der Waals surface area contributed by atoms with Gasteiger partial charge in [-0.3, -0.25) is 0 Å². The Kier molecular flexibility index (Phi) is 4.97. The summed E-state index contributed by atoms with van der Waals surface area (Å²) in [6.45, 7) is 2.14. The zero-order chi connectivity index (χ0) is 13.7. The lowest BCUT2D eigenvalue weighted by molar-refractivity contribution is -0.139. The summed E-state index contributed by atoms with van der Waals surface area (Å²) < 4.78 is 4.89. The first kappa shape index (κ1) is 14.3. The molecular weight excluding hydrogens is 232 g/mol. The van der Waals surface area contributed by atoms with E-state index < -0.39 is 12.0 Å². The average Bonchev–Trinajstić information content (AvgIpc) is 2.30. The third-order valence-electron chi connectivity index (χ3n) is 2.66. The van der Waals surface area contributed by atoms with Gasteiger partial charge in [0.1, 0.15) is 6.04 Å². The molecule has 18 heavy (non-hydrogen) atoms. The van der Waals surface area contributed by atoms with Crippen LogP contribution in [-0.2, 0) is 9.53 Å². The lowest BCUT2D eigenvalue weighted by atomic mass is 10.1. The first-order chi connectivity index (χ1) is 8.45. The molecule has 5 nitrogen and oxygen atoms in total. The third-order valence-corrected chi connectivity index (χ3v) is 2.66. The number of aliphatic carboxylic acids is 1. The Morgan fingerprint density at radius 3 is 2.67 bits per heavy atom. The maximum atomic E-state index is 11.0. The van der Waals surface area contributed by atoms with Gasteiger partial charge in [0.25, 0.3) is 0 Å². The van der Waals surface area contributed by atoms with Crippen molar-refractivity contribution in [3.8, 4) is 0 Å². The topological polar surface area (TPSA) is 61.8 Å². The molecule has 1 unspecified atom stereocenters. The number of hydrogen-bond donors (Lipinski definition) is 2. The Morgan fingerprint density at radius 2 is 2.17 bits per heavy atom. The minimum atomic E-state index is -0.927. The summed E-state index contributed by atoms with van der Waals surface area (Å²) in [5, 5.41) is 12.0. The molecule has 0 heterocycles. The van der Waals surface area contributed by atoms with E-state index in [2.05, 4.69) is 5.32 Å². The van der Waals surface area contributed by atoms with Crippen molar-refractivity contribution in [2.75, 3.05) is 38.0 Å². The number of nitrogens with one attached hydrogen (secondary N) is 1. The van der Waals surface area contributed by atoms with Gasteiger partial charge in [0.15, 0.2) is 0 Å². The van der Waals surface area contributed by atoms with Crippen molar-refractivity contribution >= 4 is 17.3 Å². The van der Waals surface area contributed by atoms with E-state index in [0.29, 0.717) is 0 Å². The molecule has 0 aromatic heterocycles. The van der Waals surface area contributed by atoms with E-state index in [1.165, 1.54) is 7.11 Å². The van der Waals surface area contributed by atoms with E-state index in [-0.39, 0.29) is 6.61 Å². The molecular formula is C13H20N2O3. The van der Waals surface area contributed by atoms with Crippen LogP contribution in [0.4, 0.5) is 11.4 Å². The van der Waals surface area contributed by atoms with Crippen LogP contribution in [-0.4, -0.2) is 44.9 Å². The molecule has 0 saturated heterocycles. The highest BCUT2D eigenvalue weighted by molar-refractivity contribution is 5.78. The maximum absolute atomic E-state index is 11.0. The second kappa shape index (κ2) is 6.26. The van der Waals surface area contributed by atoms with Crippen molar-refractivity contribution in [1.29, 1.82) is 0 Å². The fourth-order valence-corrected chi connectivity index (χ4v) is 1.72. The van der Waals surface area contributed by atoms with E-state index >= 15 is 0 Å². The number of benzene rings is 1. The Hall–Kier alpha value is -1.75. The van der Waals surface area contributed by atoms with Gasteiger partial charge >= 0.3 is 5.97 Å². The van der Waals surface area contributed by atoms with Crippen LogP contribution in [0.1, 0.15) is 5.56 Å². The Balaban J connectivity index is 2.89. The summed E-state index contributed by atoms with van der Waals surface area (Å²) in [7, 11) is 5.39. The van der Waals surface area contributed by atoms with Gasteiger partial charge in [-0.1, -0.05) is 6.07 Å². The number of carboxylic acid groups (broad SMARTS) is 1. The van der Waals surface area contributed by atoms with Crippen molar-refractivity contribution in [2.24, 2.45) is 0 Å². The highest BCUT2D eigenvalue weighted by atomic mass is 16.5. The van der Waals surface area contributed by atoms with Gasteiger partial charge in [-0.2, -0.15) is 0 Å². The maximum Gasteiger partial charge on any atom is 0.328 e. The average molecular weight is 252 g/mol. The lowest BCUT2D eigenvalue weighted by Gasteiger charge is -2.19. The van der Waals surface area contributed by atoms with Gasteiger partial charge in [0.05, 0.1) is 6.61 Å². The number of methoxy groups -OCH3 is 1. The molecule has 5 heteroatoms. The van der Waals surface area contributed by atoms with Crippen molar-refractivity contribution < 1.29 is 14.6 Å². The van der Waals surface area contributed by atoms with Crippen LogP contribution in [0.5, 0.6) is 0 Å². The van der Waals surface area contributed by atoms with Gasteiger partial charge in [-0.05, 0) is 24.6 Å². The fourth-order valence-electron chi connectivity index (χ4n) is 1.72. The zero-order valence-electron chi connectivity index (χ0n) is 11.2. The van der Waals surface area contributed by atoms with Crippen LogP contribution < -0.4 is 10.2 Å². The van der Waals surface area contributed by atoms with E-state index in [1.807, 2.05) is 44.1 Å². The van der Waals surface area contributed by atoms with Crippen molar-refractivity contribution in [1.82, 2.24) is 0 Å². The van der Waals surface area contributed by atoms with Crippen molar-refractivity contribution in [2.45, 2.75) is 13.0 Å². The van der Waals surface area contributed by atoms with E-state index in [1.54, 1.807) is 0 Å². The van der Waals surface area contributed by atoms with Crippen LogP contribution in [0, 0.1) is 6.92 Å². The number of hydrogen-bond acceptors (Lipinski definition) is 4. The van der Waals surface area contributed by atoms with Crippen LogP contribution in [0.2, 0.25) is 0 Å². The summed E-state index contributed by atoms with van der Waals surface area (Å²) >= 11 is 0. The van der Waals surface area contributed by atoms with Crippen LogP contribution in [0.25, 0.3) is 0 Å². The predicted molar refractivity (Wildman–Crippen MR) is 72.4 cm³/mol. The normalized spacial score (nSPS) is 12.0. The first-order valence-corrected chi connectivity index (χ1v) is 5.72. The SMILES string of the molecule is COCC(Nc1ccc(C)c(N(C)C)c1)C(=O)O. The number of nitrogens with zero attached hydrogens (tertiary/aromatic N) is 1. The molecule has 0 bridgehead atoms. The second-order valence-electron chi connectivity index (χ2n) is 4.39. The molecule has 1 aromatic rings. The van der Waals surface area contributed by atoms with Crippen LogP contribution >= 0.6 is 0 Å². The molecule has 100 valence electrons. The van der Waals surface area contributed by atoms with Crippen LogP contribution in [0.3, 0.4) is 0 Å². The number of aryl methyl sites for hydroxylation is 1. The summed E-state index contributed by atoms with van der Waals surface area (Å²) in [5.41, 5.74) is 2.97. The zero-order valence-corrected chi connectivity index (χ0v) is 11.2. The predicted octanol–water partition coefficient (Wildman–Crippen LogP) is 1.57. The molecule has 0 spiro atoms. The fraction of sp³-hybridized carbons (Fsp3) is 0.462. The molecule has 2 N–H and O–H groups in total. The number of carbonyl (C=O) groups is 1. The molecule has 0 aliphatic rings. The summed E-state index contributed by atoms with van der Waals surface area (Å²) in [6, 6.07) is 5.02. The molecule has 1 atom stereocenters. The number of carboxylic acids is 1. The molecule has 1 rings (SSSR count). The molecule has 0 saturated carbocycles. The van der Waals surface area contributed by atoms with Crippen molar-refractivity contribution in [3.05, 3.63) is 23.8 Å². The van der Waals surface area contributed by atoms with Crippen molar-refractivity contribution in [3.63, 3.8) is 0 Å². The molecule has 0 aliphatic heterocycles. The van der Waals surface area contributed by atoms with Gasteiger partial charge < -0.3 is 20.1 Å². The van der Waals surface area contributed by atoms with Gasteiger partial charge in [0.2, 0.25) is 0 Å². The Morgan fingerprint density at radius 1 is 1.50 bits per heavy atom. The minimum Gasteiger partial charge on any atom is -0.480 e. The summed E-state index contributed by atoms with van der Waals surface area (Å²) in [5.74, 6) is -0.927. The molecule has 0 fully saturated rings. The van der Waals surface area contributed by atoms with Gasteiger partial charge in [-0.15, -0.1) is 0 Å². The quantitative estimate of drug-likeness (QED) is 0.804. The molecule has 1 aromatic carbocycles. The smallest absolute Gasteiger partial charge is 0.328 e.